The van der Waals surface area contributed by atoms with E-state index in [0.717, 1.165) is 32.5 Å². The summed E-state index contributed by atoms with van der Waals surface area (Å²) in [6, 6.07) is 10.4. The molecule has 2 atom stereocenters. The van der Waals surface area contributed by atoms with Crippen LogP contribution in [0.1, 0.15) is 24.8 Å². The second kappa shape index (κ2) is 5.39. The molecule has 1 aromatic carbocycles. The van der Waals surface area contributed by atoms with Crippen molar-refractivity contribution in [1.82, 2.24) is 5.32 Å². The van der Waals surface area contributed by atoms with Crippen LogP contribution in [0.15, 0.2) is 30.3 Å². The van der Waals surface area contributed by atoms with Crippen LogP contribution < -0.4 is 5.32 Å². The third-order valence-electron chi connectivity index (χ3n) is 4.07. The minimum Gasteiger partial charge on any atom is -0.372 e. The molecular weight excluding hydrogens is 226 g/mol. The van der Waals surface area contributed by atoms with Crippen LogP contribution in [0.4, 0.5) is 0 Å². The van der Waals surface area contributed by atoms with Gasteiger partial charge < -0.3 is 14.8 Å². The van der Waals surface area contributed by atoms with Crippen molar-refractivity contribution >= 4 is 0 Å². The van der Waals surface area contributed by atoms with E-state index in [1.165, 1.54) is 12.0 Å². The Morgan fingerprint density at radius 1 is 1.28 bits per heavy atom. The summed E-state index contributed by atoms with van der Waals surface area (Å²) >= 11 is 0. The van der Waals surface area contributed by atoms with Crippen LogP contribution in [-0.4, -0.2) is 31.4 Å². The highest BCUT2D eigenvalue weighted by molar-refractivity contribution is 5.13. The van der Waals surface area contributed by atoms with Crippen LogP contribution in [0.25, 0.3) is 0 Å². The third kappa shape index (κ3) is 2.44. The fourth-order valence-electron chi connectivity index (χ4n) is 3.03. The predicted octanol–water partition coefficient (Wildman–Crippen LogP) is 2.11. The first-order valence-corrected chi connectivity index (χ1v) is 6.89. The van der Waals surface area contributed by atoms with Gasteiger partial charge in [-0.2, -0.15) is 0 Å². The molecule has 2 saturated heterocycles. The minimum absolute atomic E-state index is 0.0139. The fraction of sp³-hybridized carbons (Fsp3) is 0.600. The minimum atomic E-state index is -0.0139. The molecule has 3 nitrogen and oxygen atoms in total. The van der Waals surface area contributed by atoms with Gasteiger partial charge in [0.25, 0.3) is 0 Å². The Balaban J connectivity index is 1.63. The standard InChI is InChI=1S/C15H21NO2/c1-2-5-13(6-3-1)12-17-14-11-16-9-8-15(14)7-4-10-18-15/h1-3,5-6,14,16H,4,7-12H2/t14-,15-/m0/s1. The summed E-state index contributed by atoms with van der Waals surface area (Å²) in [5.41, 5.74) is 1.22. The monoisotopic (exact) mass is 247 g/mol. The molecular formula is C15H21NO2. The van der Waals surface area contributed by atoms with Crippen molar-refractivity contribution in [2.75, 3.05) is 19.7 Å². The van der Waals surface area contributed by atoms with Crippen molar-refractivity contribution in [1.29, 1.82) is 0 Å². The van der Waals surface area contributed by atoms with Gasteiger partial charge in [-0.1, -0.05) is 30.3 Å². The van der Waals surface area contributed by atoms with E-state index in [0.29, 0.717) is 6.61 Å². The zero-order valence-electron chi connectivity index (χ0n) is 10.7. The van der Waals surface area contributed by atoms with Crippen molar-refractivity contribution in [3.05, 3.63) is 35.9 Å². The van der Waals surface area contributed by atoms with Gasteiger partial charge in [-0.15, -0.1) is 0 Å². The molecule has 0 saturated carbocycles. The van der Waals surface area contributed by atoms with E-state index in [4.69, 9.17) is 9.47 Å². The Morgan fingerprint density at radius 2 is 2.17 bits per heavy atom. The number of piperidine rings is 1. The lowest BCUT2D eigenvalue weighted by atomic mass is 9.86. The van der Waals surface area contributed by atoms with Gasteiger partial charge in [0, 0.05) is 13.2 Å². The summed E-state index contributed by atoms with van der Waals surface area (Å²) < 4.78 is 12.1. The van der Waals surface area contributed by atoms with Gasteiger partial charge in [0.1, 0.15) is 0 Å². The maximum atomic E-state index is 6.12. The van der Waals surface area contributed by atoms with Crippen LogP contribution in [0, 0.1) is 0 Å². The van der Waals surface area contributed by atoms with Gasteiger partial charge >= 0.3 is 0 Å². The molecule has 0 amide bonds. The number of hydrogen-bond donors (Lipinski definition) is 1. The van der Waals surface area contributed by atoms with Crippen LogP contribution in [0.3, 0.4) is 0 Å². The summed E-state index contributed by atoms with van der Waals surface area (Å²) in [7, 11) is 0. The average Bonchev–Trinajstić information content (AvgIpc) is 2.88. The summed E-state index contributed by atoms with van der Waals surface area (Å²) in [6.07, 6.45) is 3.58. The van der Waals surface area contributed by atoms with E-state index in [-0.39, 0.29) is 11.7 Å². The van der Waals surface area contributed by atoms with E-state index >= 15 is 0 Å². The maximum absolute atomic E-state index is 6.12. The number of rotatable bonds is 3. The lowest BCUT2D eigenvalue weighted by Gasteiger charge is -2.40. The normalized spacial score (nSPS) is 31.9. The number of hydrogen-bond acceptors (Lipinski definition) is 3. The first-order valence-electron chi connectivity index (χ1n) is 6.89. The van der Waals surface area contributed by atoms with Crippen molar-refractivity contribution in [3.63, 3.8) is 0 Å². The predicted molar refractivity (Wildman–Crippen MR) is 70.4 cm³/mol. The summed E-state index contributed by atoms with van der Waals surface area (Å²) in [4.78, 5) is 0. The summed E-state index contributed by atoms with van der Waals surface area (Å²) in [6.45, 7) is 3.53. The fourth-order valence-corrected chi connectivity index (χ4v) is 3.03. The highest BCUT2D eigenvalue weighted by Gasteiger charge is 2.45. The Morgan fingerprint density at radius 3 is 2.94 bits per heavy atom. The van der Waals surface area contributed by atoms with Gasteiger partial charge in [-0.05, 0) is 31.4 Å². The Bertz CT molecular complexity index is 373. The van der Waals surface area contributed by atoms with Crippen LogP contribution in [0.2, 0.25) is 0 Å². The lowest BCUT2D eigenvalue weighted by Crippen LogP contribution is -2.54. The van der Waals surface area contributed by atoms with Crippen LogP contribution in [-0.2, 0) is 16.1 Å². The molecule has 0 bridgehead atoms. The Hall–Kier alpha value is -0.900. The van der Waals surface area contributed by atoms with E-state index in [9.17, 15) is 0 Å². The second-order valence-corrected chi connectivity index (χ2v) is 5.26. The topological polar surface area (TPSA) is 30.5 Å². The maximum Gasteiger partial charge on any atom is 0.0993 e. The molecule has 1 aromatic rings. The van der Waals surface area contributed by atoms with Gasteiger partial charge in [0.15, 0.2) is 0 Å². The summed E-state index contributed by atoms with van der Waals surface area (Å²) in [5, 5.41) is 3.42. The average molecular weight is 247 g/mol. The lowest BCUT2D eigenvalue weighted by molar-refractivity contribution is -0.137. The van der Waals surface area contributed by atoms with Crippen LogP contribution in [0.5, 0.6) is 0 Å². The van der Waals surface area contributed by atoms with Crippen molar-refractivity contribution in [2.24, 2.45) is 0 Å². The van der Waals surface area contributed by atoms with Gasteiger partial charge in [0.2, 0.25) is 0 Å². The van der Waals surface area contributed by atoms with Gasteiger partial charge in [-0.25, -0.2) is 0 Å². The molecule has 3 heteroatoms. The SMILES string of the molecule is c1ccc(CO[C@H]2CNCC[C@@]23CCCO3)cc1. The second-order valence-electron chi connectivity index (χ2n) is 5.26. The number of benzene rings is 1. The Kier molecular flexibility index (Phi) is 3.64. The molecule has 2 fully saturated rings. The number of nitrogens with one attached hydrogen (secondary N) is 1. The smallest absolute Gasteiger partial charge is 0.0993 e. The quantitative estimate of drug-likeness (QED) is 0.887. The Labute approximate surface area is 108 Å². The molecule has 2 heterocycles. The van der Waals surface area contributed by atoms with E-state index in [1.807, 2.05) is 6.07 Å². The molecule has 2 aliphatic rings. The molecule has 18 heavy (non-hydrogen) atoms. The van der Waals surface area contributed by atoms with Gasteiger partial charge in [0.05, 0.1) is 18.3 Å². The molecule has 0 unspecified atom stereocenters. The van der Waals surface area contributed by atoms with Gasteiger partial charge in [-0.3, -0.25) is 0 Å². The molecule has 1 N–H and O–H groups in total. The first-order chi connectivity index (χ1) is 8.89. The molecule has 0 aromatic heterocycles. The van der Waals surface area contributed by atoms with E-state index < -0.39 is 0 Å². The first kappa shape index (κ1) is 12.2. The molecule has 3 rings (SSSR count). The third-order valence-corrected chi connectivity index (χ3v) is 4.07. The van der Waals surface area contributed by atoms with Crippen molar-refractivity contribution in [3.8, 4) is 0 Å². The van der Waals surface area contributed by atoms with Crippen molar-refractivity contribution in [2.45, 2.75) is 37.6 Å². The largest absolute Gasteiger partial charge is 0.372 e. The highest BCUT2D eigenvalue weighted by atomic mass is 16.6. The zero-order chi connectivity index (χ0) is 12.3. The highest BCUT2D eigenvalue weighted by Crippen LogP contribution is 2.35. The van der Waals surface area contributed by atoms with E-state index in [2.05, 4.69) is 29.6 Å². The van der Waals surface area contributed by atoms with E-state index in [1.54, 1.807) is 0 Å². The van der Waals surface area contributed by atoms with Crippen LogP contribution >= 0.6 is 0 Å². The molecule has 1 spiro atoms. The molecule has 98 valence electrons. The molecule has 0 aliphatic carbocycles. The van der Waals surface area contributed by atoms with Crippen molar-refractivity contribution < 1.29 is 9.47 Å². The zero-order valence-corrected chi connectivity index (χ0v) is 10.7. The number of ether oxygens (including phenoxy) is 2. The molecule has 0 radical (unpaired) electrons. The molecule has 2 aliphatic heterocycles. The summed E-state index contributed by atoms with van der Waals surface area (Å²) in [5.74, 6) is 0.